The van der Waals surface area contributed by atoms with Gasteiger partial charge in [0.1, 0.15) is 0 Å². The summed E-state index contributed by atoms with van der Waals surface area (Å²) in [7, 11) is -3.29. The van der Waals surface area contributed by atoms with E-state index in [0.29, 0.717) is 0 Å². The van der Waals surface area contributed by atoms with Crippen molar-refractivity contribution in [3.8, 4) is 0 Å². The van der Waals surface area contributed by atoms with E-state index in [-0.39, 0.29) is 0 Å². The van der Waals surface area contributed by atoms with Crippen molar-refractivity contribution in [1.29, 1.82) is 0 Å². The average Bonchev–Trinajstić information content (AvgIpc) is 2.38. The normalized spacial score (nSPS) is 10.8. The zero-order valence-electron chi connectivity index (χ0n) is 10.2. The molecule has 2 rings (SSSR count). The second-order valence-corrected chi connectivity index (χ2v) is 4.62. The Kier molecular flexibility index (Phi) is 5.21. The highest BCUT2D eigenvalue weighted by Gasteiger charge is 1.96. The summed E-state index contributed by atoms with van der Waals surface area (Å²) in [5.41, 5.74) is 2.47. The molecule has 0 atom stereocenters. The molecule has 0 saturated heterocycles. The van der Waals surface area contributed by atoms with E-state index in [1.807, 2.05) is 12.3 Å². The van der Waals surface area contributed by atoms with Crippen molar-refractivity contribution in [1.82, 2.24) is 4.98 Å². The lowest BCUT2D eigenvalue weighted by atomic mass is 10.1. The van der Waals surface area contributed by atoms with Crippen molar-refractivity contribution in [3.05, 3.63) is 42.1 Å². The van der Waals surface area contributed by atoms with Crippen LogP contribution < -0.4 is 0 Å². The molecule has 5 nitrogen and oxygen atoms in total. The molecule has 0 saturated carbocycles. The van der Waals surface area contributed by atoms with Crippen LogP contribution in [-0.4, -0.2) is 25.1 Å². The topological polar surface area (TPSA) is 76.5 Å². The molecule has 0 amide bonds. The first kappa shape index (κ1) is 14.6. The number of aryl methyl sites for hydroxylation is 1. The van der Waals surface area contributed by atoms with Crippen LogP contribution in [0.4, 0.5) is 0 Å². The minimum absolute atomic E-state index is 0.870. The second-order valence-electron chi connectivity index (χ2n) is 3.44. The highest BCUT2D eigenvalue weighted by atomic mass is 32.3. The van der Waals surface area contributed by atoms with E-state index in [4.69, 9.17) is 4.55 Å². The van der Waals surface area contributed by atoms with E-state index < -0.39 is 10.4 Å². The van der Waals surface area contributed by atoms with Gasteiger partial charge in [-0.05, 0) is 24.1 Å². The van der Waals surface area contributed by atoms with Crippen LogP contribution in [0.3, 0.4) is 0 Å². The average molecular weight is 269 g/mol. The Morgan fingerprint density at radius 3 is 2.50 bits per heavy atom. The van der Waals surface area contributed by atoms with E-state index in [0.717, 1.165) is 19.0 Å². The number of aromatic nitrogens is 1. The number of benzene rings is 1. The molecule has 1 aromatic heterocycles. The van der Waals surface area contributed by atoms with E-state index in [2.05, 4.69) is 40.4 Å². The van der Waals surface area contributed by atoms with Gasteiger partial charge < -0.3 is 0 Å². The predicted molar refractivity (Wildman–Crippen MR) is 69.7 cm³/mol. The van der Waals surface area contributed by atoms with Gasteiger partial charge in [-0.25, -0.2) is 0 Å². The fourth-order valence-corrected chi connectivity index (χ4v) is 1.48. The molecule has 0 aliphatic rings. The minimum atomic E-state index is -4.16. The molecule has 18 heavy (non-hydrogen) atoms. The number of pyridine rings is 1. The van der Waals surface area contributed by atoms with Gasteiger partial charge in [-0.15, -0.1) is 0 Å². The van der Waals surface area contributed by atoms with Gasteiger partial charge in [-0.1, -0.05) is 25.1 Å². The zero-order valence-corrected chi connectivity index (χ0v) is 11.0. The van der Waals surface area contributed by atoms with Gasteiger partial charge >= 0.3 is 10.4 Å². The Morgan fingerprint density at radius 1 is 1.28 bits per heavy atom. The first-order chi connectivity index (χ1) is 8.48. The second kappa shape index (κ2) is 6.44. The van der Waals surface area contributed by atoms with Crippen LogP contribution in [0.15, 0.2) is 36.5 Å². The SMILES string of the molecule is CCc1cccc2ncccc12.COS(=O)(=O)O. The molecule has 0 spiro atoms. The third-order valence-electron chi connectivity index (χ3n) is 2.33. The van der Waals surface area contributed by atoms with Crippen molar-refractivity contribution in [2.24, 2.45) is 0 Å². The first-order valence-electron chi connectivity index (χ1n) is 5.33. The largest absolute Gasteiger partial charge is 0.397 e. The van der Waals surface area contributed by atoms with Crippen LogP contribution in [0.1, 0.15) is 12.5 Å². The Hall–Kier alpha value is -1.50. The quantitative estimate of drug-likeness (QED) is 0.846. The maximum Gasteiger partial charge on any atom is 0.397 e. The van der Waals surface area contributed by atoms with Gasteiger partial charge in [0.2, 0.25) is 0 Å². The van der Waals surface area contributed by atoms with Crippen LogP contribution >= 0.6 is 0 Å². The molecule has 2 aromatic rings. The first-order valence-corrected chi connectivity index (χ1v) is 6.70. The van der Waals surface area contributed by atoms with Crippen molar-refractivity contribution in [2.75, 3.05) is 7.11 Å². The highest BCUT2D eigenvalue weighted by molar-refractivity contribution is 7.80. The maximum absolute atomic E-state index is 9.33. The molecule has 0 bridgehead atoms. The van der Waals surface area contributed by atoms with Crippen LogP contribution in [0.5, 0.6) is 0 Å². The summed E-state index contributed by atoms with van der Waals surface area (Å²) in [5, 5.41) is 1.28. The number of rotatable bonds is 2. The number of fused-ring (bicyclic) bond motifs is 1. The summed E-state index contributed by atoms with van der Waals surface area (Å²) in [4.78, 5) is 4.29. The fourth-order valence-electron chi connectivity index (χ4n) is 1.48. The van der Waals surface area contributed by atoms with Gasteiger partial charge in [0.15, 0.2) is 0 Å². The molecule has 1 N–H and O–H groups in total. The lowest BCUT2D eigenvalue weighted by Crippen LogP contribution is -1.96. The molecule has 1 heterocycles. The summed E-state index contributed by atoms with van der Waals surface area (Å²) >= 11 is 0. The van der Waals surface area contributed by atoms with Gasteiger partial charge in [0.25, 0.3) is 0 Å². The van der Waals surface area contributed by atoms with E-state index >= 15 is 0 Å². The standard InChI is InChI=1S/C11H11N.CH4O4S/c1-2-9-5-3-7-11-10(9)6-4-8-12-11;1-5-6(2,3)4/h3-8H,2H2,1H3;1H3,(H,2,3,4). The van der Waals surface area contributed by atoms with Crippen LogP contribution in [-0.2, 0) is 21.0 Å². The van der Waals surface area contributed by atoms with Crippen molar-refractivity contribution < 1.29 is 17.2 Å². The third-order valence-corrected chi connectivity index (χ3v) is 2.75. The predicted octanol–water partition coefficient (Wildman–Crippen LogP) is 2.23. The summed E-state index contributed by atoms with van der Waals surface area (Å²) < 4.78 is 29.7. The van der Waals surface area contributed by atoms with Gasteiger partial charge in [-0.3, -0.25) is 13.7 Å². The minimum Gasteiger partial charge on any atom is -0.264 e. The van der Waals surface area contributed by atoms with Crippen molar-refractivity contribution >= 4 is 21.3 Å². The van der Waals surface area contributed by atoms with Crippen molar-refractivity contribution in [3.63, 3.8) is 0 Å². The van der Waals surface area contributed by atoms with Gasteiger partial charge in [0.05, 0.1) is 12.6 Å². The summed E-state index contributed by atoms with van der Waals surface area (Å²) in [5.74, 6) is 0. The maximum atomic E-state index is 9.33. The van der Waals surface area contributed by atoms with Crippen LogP contribution in [0.2, 0.25) is 0 Å². The summed E-state index contributed by atoms with van der Waals surface area (Å²) in [6.45, 7) is 2.17. The number of nitrogens with zero attached hydrogens (tertiary/aromatic N) is 1. The lowest BCUT2D eigenvalue weighted by molar-refractivity contribution is 0.324. The summed E-state index contributed by atoms with van der Waals surface area (Å²) in [6, 6.07) is 10.4. The van der Waals surface area contributed by atoms with Gasteiger partial charge in [0, 0.05) is 11.6 Å². The molecule has 6 heteroatoms. The van der Waals surface area contributed by atoms with E-state index in [1.54, 1.807) is 0 Å². The lowest BCUT2D eigenvalue weighted by Gasteiger charge is -2.01. The Balaban J connectivity index is 0.000000232. The monoisotopic (exact) mass is 269 g/mol. The molecule has 0 aliphatic heterocycles. The number of hydrogen-bond donors (Lipinski definition) is 1. The van der Waals surface area contributed by atoms with E-state index in [1.165, 1.54) is 10.9 Å². The number of hydrogen-bond acceptors (Lipinski definition) is 4. The fraction of sp³-hybridized carbons (Fsp3) is 0.250. The Labute approximate surface area is 106 Å². The third kappa shape index (κ3) is 4.40. The molecular weight excluding hydrogens is 254 g/mol. The smallest absolute Gasteiger partial charge is 0.264 e. The van der Waals surface area contributed by atoms with Gasteiger partial charge in [-0.2, -0.15) is 8.42 Å². The molecule has 0 aliphatic carbocycles. The molecule has 0 fully saturated rings. The molecular formula is C12H15NO4S. The van der Waals surface area contributed by atoms with Crippen LogP contribution in [0.25, 0.3) is 10.9 Å². The zero-order chi connectivity index (χ0) is 13.6. The Bertz CT molecular complexity index is 605. The molecule has 0 unspecified atom stereocenters. The van der Waals surface area contributed by atoms with Crippen LogP contribution in [0, 0.1) is 0 Å². The molecule has 98 valence electrons. The molecule has 0 radical (unpaired) electrons. The van der Waals surface area contributed by atoms with Crippen molar-refractivity contribution in [2.45, 2.75) is 13.3 Å². The summed E-state index contributed by atoms with van der Waals surface area (Å²) in [6.07, 6.45) is 2.91. The Morgan fingerprint density at radius 2 is 1.94 bits per heavy atom. The van der Waals surface area contributed by atoms with E-state index in [9.17, 15) is 8.42 Å². The molecule has 1 aromatic carbocycles. The highest BCUT2D eigenvalue weighted by Crippen LogP contribution is 2.16.